The second-order valence-corrected chi connectivity index (χ2v) is 41.6. The maximum absolute atomic E-state index is 6.33. The van der Waals surface area contributed by atoms with E-state index in [0.717, 1.165) is 100 Å². The first-order valence-corrected chi connectivity index (χ1v) is 46.4. The lowest BCUT2D eigenvalue weighted by molar-refractivity contribution is 0.00578. The van der Waals surface area contributed by atoms with Crippen LogP contribution < -0.4 is 10.9 Å². The third kappa shape index (κ3) is 14.2. The van der Waals surface area contributed by atoms with Crippen molar-refractivity contribution in [3.8, 4) is 146 Å². The van der Waals surface area contributed by atoms with E-state index in [0.29, 0.717) is 0 Å². The summed E-state index contributed by atoms with van der Waals surface area (Å²) in [5.41, 5.74) is 38.5. The normalized spacial score (nSPS) is 17.2. The van der Waals surface area contributed by atoms with E-state index in [-0.39, 0.29) is 71.1 Å². The molecule has 13 aromatic carbocycles. The van der Waals surface area contributed by atoms with Crippen molar-refractivity contribution in [3.63, 3.8) is 0 Å². The summed E-state index contributed by atoms with van der Waals surface area (Å²) >= 11 is 3.54. The Morgan fingerprint density at radius 1 is 0.206 bits per heavy atom. The molecule has 13 heteroatoms. The molecule has 5 heterocycles. The molecular formula is C118H109B2BrN6O4. The molecule has 0 saturated carbocycles. The van der Waals surface area contributed by atoms with E-state index in [2.05, 4.69) is 420 Å². The van der Waals surface area contributed by atoms with Crippen molar-refractivity contribution in [1.82, 2.24) is 29.9 Å². The maximum Gasteiger partial charge on any atom is 0.494 e. The lowest BCUT2D eigenvalue weighted by atomic mass is 9.73. The van der Waals surface area contributed by atoms with Crippen LogP contribution in [-0.4, -0.2) is 66.5 Å². The topological polar surface area (TPSA) is 114 Å². The summed E-state index contributed by atoms with van der Waals surface area (Å²) in [7, 11) is -0.722. The predicted molar refractivity (Wildman–Crippen MR) is 543 cm³/mol. The monoisotopic (exact) mass is 1770 g/mol. The SMILES string of the molecule is C.CC1(C)c2cc(-c3ccc(-c4nc(-c5ccccc5)nc5c4C(C)(C)c4ccccc4-5)cc3)ccc2-c2ccc(-c3ccc(-c4nc(-c5ccccc5)nc5c4C(C)(C)c4ccccc4-5)cc3)cc21.CC1(C)c2cc(B3OC(C)(C)C(C)(C)O3)ccc2-c2ccc(B3OC(C)(C)C(C)(C)O3)cc21.CC1(C)c2ccccc2-c2nc(-c3ccccc3)nc(-c3ccc(Br)cc3)c21. The van der Waals surface area contributed by atoms with Crippen molar-refractivity contribution in [2.75, 3.05) is 0 Å². The van der Waals surface area contributed by atoms with Crippen LogP contribution in [0.3, 0.4) is 0 Å². The second-order valence-electron chi connectivity index (χ2n) is 40.7. The third-order valence-corrected chi connectivity index (χ3v) is 30.3. The Balaban J connectivity index is 0.000000142. The molecule has 3 aromatic heterocycles. The molecule has 2 aliphatic heterocycles. The van der Waals surface area contributed by atoms with E-state index >= 15 is 0 Å². The summed E-state index contributed by atoms with van der Waals surface area (Å²) in [5, 5.41) is 0. The van der Waals surface area contributed by atoms with Crippen LogP contribution in [0.4, 0.5) is 0 Å². The molecule has 5 aliphatic carbocycles. The molecule has 0 amide bonds. The van der Waals surface area contributed by atoms with Crippen LogP contribution in [0.25, 0.3) is 146 Å². The highest BCUT2D eigenvalue weighted by molar-refractivity contribution is 9.10. The molecule has 0 radical (unpaired) electrons. The molecule has 0 spiro atoms. The van der Waals surface area contributed by atoms with Crippen molar-refractivity contribution in [2.24, 2.45) is 0 Å². The zero-order valence-electron chi connectivity index (χ0n) is 77.3. The largest absolute Gasteiger partial charge is 0.494 e. The number of hydrogen-bond acceptors (Lipinski definition) is 10. The van der Waals surface area contributed by atoms with Gasteiger partial charge in [0.1, 0.15) is 0 Å². The summed E-state index contributed by atoms with van der Waals surface area (Å²) in [6, 6.07) is 111. The molecule has 2 fully saturated rings. The Hall–Kier alpha value is -12.5. The highest BCUT2D eigenvalue weighted by atomic mass is 79.9. The van der Waals surface area contributed by atoms with Crippen LogP contribution in [0.1, 0.15) is 188 Å². The van der Waals surface area contributed by atoms with Crippen molar-refractivity contribution in [3.05, 3.63) is 369 Å². The van der Waals surface area contributed by atoms with E-state index in [1.807, 2.05) is 30.3 Å². The van der Waals surface area contributed by atoms with Gasteiger partial charge < -0.3 is 18.6 Å². The molecule has 16 aromatic rings. The first-order chi connectivity index (χ1) is 62.1. The van der Waals surface area contributed by atoms with Gasteiger partial charge in [0.25, 0.3) is 0 Å². The van der Waals surface area contributed by atoms with Gasteiger partial charge in [-0.25, -0.2) is 29.9 Å². The van der Waals surface area contributed by atoms with E-state index < -0.39 is 0 Å². The molecule has 0 unspecified atom stereocenters. The van der Waals surface area contributed by atoms with Gasteiger partial charge in [-0.2, -0.15) is 0 Å². The molecular weight excluding hydrogens is 1670 g/mol. The minimum absolute atomic E-state index is 0. The van der Waals surface area contributed by atoms with E-state index in [9.17, 15) is 0 Å². The number of nitrogens with zero attached hydrogens (tertiary/aromatic N) is 6. The second kappa shape index (κ2) is 31.4. The predicted octanol–water partition coefficient (Wildman–Crippen LogP) is 28.3. The van der Waals surface area contributed by atoms with Gasteiger partial charge in [0, 0.05) is 98.3 Å². The summed E-state index contributed by atoms with van der Waals surface area (Å²) in [6.07, 6.45) is 0. The Morgan fingerprint density at radius 2 is 0.443 bits per heavy atom. The van der Waals surface area contributed by atoms with Gasteiger partial charge in [-0.1, -0.05) is 378 Å². The Labute approximate surface area is 781 Å². The fraction of sp³-hybridized carbons (Fsp3) is 0.237. The summed E-state index contributed by atoms with van der Waals surface area (Å²) < 4.78 is 26.4. The van der Waals surface area contributed by atoms with Gasteiger partial charge in [0.15, 0.2) is 17.5 Å². The molecule has 0 atom stereocenters. The van der Waals surface area contributed by atoms with E-state index in [1.165, 1.54) is 117 Å². The maximum atomic E-state index is 6.33. The number of aromatic nitrogens is 6. The van der Waals surface area contributed by atoms with Crippen LogP contribution in [-0.2, 0) is 45.7 Å². The van der Waals surface area contributed by atoms with Crippen LogP contribution in [0.2, 0.25) is 0 Å². The Bertz CT molecular complexity index is 6900. The third-order valence-electron chi connectivity index (χ3n) is 29.8. The summed E-state index contributed by atoms with van der Waals surface area (Å²) in [4.78, 5) is 31.2. The molecule has 131 heavy (non-hydrogen) atoms. The summed E-state index contributed by atoms with van der Waals surface area (Å²) in [5.74, 6) is 2.27. The number of hydrogen-bond donors (Lipinski definition) is 0. The molecule has 10 nitrogen and oxygen atoms in total. The zero-order valence-corrected chi connectivity index (χ0v) is 78.9. The van der Waals surface area contributed by atoms with Crippen LogP contribution >= 0.6 is 15.9 Å². The molecule has 0 N–H and O–H groups in total. The minimum atomic E-state index is -0.361. The van der Waals surface area contributed by atoms with Crippen LogP contribution in [0, 0.1) is 0 Å². The number of rotatable bonds is 10. The number of halogens is 1. The van der Waals surface area contributed by atoms with E-state index in [1.54, 1.807) is 0 Å². The smallest absolute Gasteiger partial charge is 0.399 e. The molecule has 23 rings (SSSR count). The highest BCUT2D eigenvalue weighted by Crippen LogP contribution is 2.58. The first kappa shape index (κ1) is 86.6. The lowest BCUT2D eigenvalue weighted by Gasteiger charge is -2.32. The minimum Gasteiger partial charge on any atom is -0.399 e. The van der Waals surface area contributed by atoms with Gasteiger partial charge in [0.2, 0.25) is 0 Å². The molecule has 648 valence electrons. The van der Waals surface area contributed by atoms with Crippen molar-refractivity contribution in [2.45, 2.75) is 182 Å². The number of fused-ring (bicyclic) bond motifs is 15. The first-order valence-electron chi connectivity index (χ1n) is 45.6. The Kier molecular flexibility index (Phi) is 20.7. The van der Waals surface area contributed by atoms with Crippen LogP contribution in [0.15, 0.2) is 314 Å². The Morgan fingerprint density at radius 3 is 0.740 bits per heavy atom. The number of benzene rings is 13. The lowest BCUT2D eigenvalue weighted by Crippen LogP contribution is -2.41. The molecule has 7 aliphatic rings. The fourth-order valence-electron chi connectivity index (χ4n) is 21.0. The van der Waals surface area contributed by atoms with Crippen molar-refractivity contribution >= 4 is 41.1 Å². The van der Waals surface area contributed by atoms with Gasteiger partial charge >= 0.3 is 14.2 Å². The van der Waals surface area contributed by atoms with E-state index in [4.69, 9.17) is 48.5 Å². The molecule has 2 saturated heterocycles. The fourth-order valence-corrected chi connectivity index (χ4v) is 21.3. The highest BCUT2D eigenvalue weighted by Gasteiger charge is 2.55. The van der Waals surface area contributed by atoms with Gasteiger partial charge in [-0.3, -0.25) is 0 Å². The van der Waals surface area contributed by atoms with Gasteiger partial charge in [-0.05, 0) is 174 Å². The average molecular weight is 1780 g/mol. The quantitative estimate of drug-likeness (QED) is 0.123. The van der Waals surface area contributed by atoms with Gasteiger partial charge in [-0.15, -0.1) is 0 Å². The average Bonchev–Trinajstić information content (AvgIpc) is 1.57. The zero-order chi connectivity index (χ0) is 90.3. The summed E-state index contributed by atoms with van der Waals surface area (Å²) in [6.45, 7) is 39.8. The van der Waals surface area contributed by atoms with Crippen molar-refractivity contribution in [1.29, 1.82) is 0 Å². The standard InChI is InChI=1S/C65H50N4.C27H36B2O4.C25H19BrN2.CH4/c1-63(2)53-37-45(39-25-29-41(30-26-39)57-55-59(49-21-13-15-23-51(49)64(55,3)4)68-61(66-57)43-17-9-7-10-18-43)33-35-47(53)48-36-34-46(38-54(48)63)40-27-31-42(32-28-40)58-56-60(50-22-14-16-24-52(50)65(56,5)6)69-62(67-58)44-19-11-8-12-20-44;1-23(2)21-15-17(28-30-24(3,4)25(5,6)31-28)11-13-19(21)20-14-12-18(16-22(20)23)29-32-26(7,8)27(9,10)33-29;1-25(2)20-11-7-6-10-19(20)23-21(25)22(16-12-14-18(26)15-13-16)27-24(28-23)17-8-4-3-5-9-17;/h7-38H,1-6H3;11-16H,1-10H3;3-15H,1-2H3;1H4. The van der Waals surface area contributed by atoms with Gasteiger partial charge in [0.05, 0.1) is 56.6 Å². The molecule has 0 bridgehead atoms. The van der Waals surface area contributed by atoms with Crippen molar-refractivity contribution < 1.29 is 18.6 Å². The van der Waals surface area contributed by atoms with Crippen LogP contribution in [0.5, 0.6) is 0 Å².